The summed E-state index contributed by atoms with van der Waals surface area (Å²) >= 11 is 1.19. The number of H-pyrrole nitrogens is 1. The molecule has 2 amide bonds. The first kappa shape index (κ1) is 24.7. The van der Waals surface area contributed by atoms with Crippen LogP contribution in [-0.2, 0) is 16.1 Å². The molecule has 13 nitrogen and oxygen atoms in total. The Morgan fingerprint density at radius 3 is 2.26 bits per heavy atom. The number of carbonyl (C=O) groups is 2. The van der Waals surface area contributed by atoms with Crippen LogP contribution >= 0.6 is 11.8 Å². The highest BCUT2D eigenvalue weighted by Crippen LogP contribution is 2.39. The van der Waals surface area contributed by atoms with Crippen LogP contribution in [0.4, 0.5) is 11.4 Å². The number of aromatic amines is 1. The van der Waals surface area contributed by atoms with Gasteiger partial charge in [-0.15, -0.1) is 0 Å². The van der Waals surface area contributed by atoms with Gasteiger partial charge in [0.2, 0.25) is 0 Å². The number of amides is 2. The standard InChI is InChI=1S/C24H19N7O6S/c25-24(26)38-7-1-6-29-11-17(15-9-13(31(36)37)3-5-19(15)29)21-20(22(32)28-23(21)33)16-10-27-18-4-2-12(30(34)35)8-14(16)18/h2-5,8-11,27H,1,6-7H2,(H3,25,26)(H,28,32,33). The van der Waals surface area contributed by atoms with Crippen LogP contribution in [0.15, 0.2) is 48.8 Å². The van der Waals surface area contributed by atoms with Crippen LogP contribution in [0.3, 0.4) is 0 Å². The number of carbonyl (C=O) groups excluding carboxylic acids is 2. The highest BCUT2D eigenvalue weighted by Gasteiger charge is 2.35. The number of nitrogens with zero attached hydrogens (tertiary/aromatic N) is 3. The summed E-state index contributed by atoms with van der Waals surface area (Å²) in [5, 5.41) is 33.3. The number of aromatic nitrogens is 2. The molecule has 14 heteroatoms. The number of hydrogen-bond donors (Lipinski definition) is 4. The van der Waals surface area contributed by atoms with Crippen molar-refractivity contribution in [3.63, 3.8) is 0 Å². The molecule has 0 bridgehead atoms. The third-order valence-corrected chi connectivity index (χ3v) is 7.03. The monoisotopic (exact) mass is 533 g/mol. The number of thioether (sulfide) groups is 1. The third kappa shape index (κ3) is 4.26. The zero-order chi connectivity index (χ0) is 27.1. The summed E-state index contributed by atoms with van der Waals surface area (Å²) in [5.41, 5.74) is 6.84. The van der Waals surface area contributed by atoms with Crippen LogP contribution in [0, 0.1) is 25.6 Å². The molecule has 1 aliphatic rings. The maximum atomic E-state index is 13.1. The van der Waals surface area contributed by atoms with E-state index in [2.05, 4.69) is 10.3 Å². The van der Waals surface area contributed by atoms with Crippen LogP contribution in [0.2, 0.25) is 0 Å². The molecular formula is C24H19N7O6S. The van der Waals surface area contributed by atoms with Gasteiger partial charge >= 0.3 is 0 Å². The average molecular weight is 534 g/mol. The number of aryl methyl sites for hydroxylation is 1. The van der Waals surface area contributed by atoms with E-state index in [9.17, 15) is 29.8 Å². The van der Waals surface area contributed by atoms with E-state index in [1.807, 2.05) is 4.57 Å². The van der Waals surface area contributed by atoms with Crippen molar-refractivity contribution in [2.24, 2.45) is 5.73 Å². The molecule has 2 aromatic heterocycles. The van der Waals surface area contributed by atoms with Gasteiger partial charge in [-0.2, -0.15) is 0 Å². The van der Waals surface area contributed by atoms with Crippen LogP contribution < -0.4 is 11.1 Å². The fourth-order valence-corrected chi connectivity index (χ4v) is 5.09. The minimum Gasteiger partial charge on any atom is -0.379 e. The van der Waals surface area contributed by atoms with Crippen molar-refractivity contribution in [2.45, 2.75) is 13.0 Å². The summed E-state index contributed by atoms with van der Waals surface area (Å²) in [6.45, 7) is 0.464. The second-order valence-corrected chi connectivity index (χ2v) is 9.62. The van der Waals surface area contributed by atoms with Crippen molar-refractivity contribution < 1.29 is 19.4 Å². The van der Waals surface area contributed by atoms with Crippen molar-refractivity contribution in [3.05, 3.63) is 80.1 Å². The SMILES string of the molecule is N=C(N)SCCCn1cc(C2=C(c3c[nH]c4ccc([N+](=O)[O-])cc34)C(=O)NC2=O)c2cc([N+](=O)[O-])ccc21. The first-order valence-corrected chi connectivity index (χ1v) is 12.2. The zero-order valence-electron chi connectivity index (χ0n) is 19.5. The Labute approximate surface area is 217 Å². The number of nitro benzene ring substituents is 2. The number of nitro groups is 2. The molecule has 1 aliphatic heterocycles. The Morgan fingerprint density at radius 2 is 1.61 bits per heavy atom. The molecule has 5 rings (SSSR count). The van der Waals surface area contributed by atoms with Crippen molar-refractivity contribution in [2.75, 3.05) is 5.75 Å². The summed E-state index contributed by atoms with van der Waals surface area (Å²) < 4.78 is 1.83. The zero-order valence-corrected chi connectivity index (χ0v) is 20.3. The van der Waals surface area contributed by atoms with Crippen LogP contribution in [0.1, 0.15) is 17.5 Å². The summed E-state index contributed by atoms with van der Waals surface area (Å²) in [4.78, 5) is 50.9. The Balaban J connectivity index is 1.72. The molecule has 0 saturated heterocycles. The van der Waals surface area contributed by atoms with E-state index in [1.54, 1.807) is 12.3 Å². The van der Waals surface area contributed by atoms with Gasteiger partial charge in [0.1, 0.15) is 0 Å². The predicted octanol–water partition coefficient (Wildman–Crippen LogP) is 3.52. The van der Waals surface area contributed by atoms with Gasteiger partial charge in [0.05, 0.1) is 21.0 Å². The van der Waals surface area contributed by atoms with Gasteiger partial charge in [-0.1, -0.05) is 11.8 Å². The Bertz CT molecular complexity index is 1730. The molecule has 3 heterocycles. The maximum absolute atomic E-state index is 13.1. The van der Waals surface area contributed by atoms with E-state index in [1.165, 1.54) is 48.3 Å². The van der Waals surface area contributed by atoms with E-state index >= 15 is 0 Å². The van der Waals surface area contributed by atoms with Gasteiger partial charge in [0, 0.05) is 81.9 Å². The summed E-state index contributed by atoms with van der Waals surface area (Å²) in [6.07, 6.45) is 3.79. The maximum Gasteiger partial charge on any atom is 0.270 e. The first-order chi connectivity index (χ1) is 18.2. The number of nitrogens with two attached hydrogens (primary N) is 1. The molecule has 4 aromatic rings. The molecule has 0 aliphatic carbocycles. The van der Waals surface area contributed by atoms with Crippen molar-refractivity contribution in [1.29, 1.82) is 5.41 Å². The lowest BCUT2D eigenvalue weighted by molar-refractivity contribution is -0.384. The number of rotatable bonds is 8. The molecule has 0 fully saturated rings. The molecule has 0 atom stereocenters. The summed E-state index contributed by atoms with van der Waals surface area (Å²) in [6, 6.07) is 8.46. The number of amidine groups is 1. The molecule has 38 heavy (non-hydrogen) atoms. The molecule has 2 aromatic carbocycles. The number of imide groups is 1. The van der Waals surface area contributed by atoms with Crippen LogP contribution in [0.25, 0.3) is 33.0 Å². The molecule has 0 spiro atoms. The lowest BCUT2D eigenvalue weighted by Gasteiger charge is -2.04. The van der Waals surface area contributed by atoms with E-state index in [0.717, 1.165) is 0 Å². The van der Waals surface area contributed by atoms with Crippen molar-refractivity contribution in [1.82, 2.24) is 14.9 Å². The summed E-state index contributed by atoms with van der Waals surface area (Å²) in [7, 11) is 0. The number of non-ortho nitro benzene ring substituents is 2. The van der Waals surface area contributed by atoms with Gasteiger partial charge in [0.25, 0.3) is 23.2 Å². The Kier molecular flexibility index (Phi) is 6.16. The van der Waals surface area contributed by atoms with Crippen LogP contribution in [0.5, 0.6) is 0 Å². The predicted molar refractivity (Wildman–Crippen MR) is 142 cm³/mol. The quantitative estimate of drug-likeness (QED) is 0.0657. The van der Waals surface area contributed by atoms with E-state index in [0.29, 0.717) is 51.7 Å². The number of benzene rings is 2. The van der Waals surface area contributed by atoms with E-state index in [4.69, 9.17) is 11.1 Å². The first-order valence-electron chi connectivity index (χ1n) is 11.3. The molecule has 0 radical (unpaired) electrons. The summed E-state index contributed by atoms with van der Waals surface area (Å²) in [5.74, 6) is -0.790. The average Bonchev–Trinajstić information content (AvgIpc) is 3.53. The van der Waals surface area contributed by atoms with Crippen LogP contribution in [-0.4, -0.2) is 42.1 Å². The fraction of sp³-hybridized carbons (Fsp3) is 0.125. The Morgan fingerprint density at radius 1 is 0.974 bits per heavy atom. The molecule has 192 valence electrons. The lowest BCUT2D eigenvalue weighted by Crippen LogP contribution is -2.22. The number of hydrogen-bond acceptors (Lipinski definition) is 8. The van der Waals surface area contributed by atoms with Gasteiger partial charge in [-0.05, 0) is 18.6 Å². The van der Waals surface area contributed by atoms with E-state index in [-0.39, 0.29) is 27.7 Å². The fourth-order valence-electron chi connectivity index (χ4n) is 4.60. The Hall–Kier alpha value is -4.98. The van der Waals surface area contributed by atoms with Gasteiger partial charge in [-0.3, -0.25) is 40.5 Å². The second kappa shape index (κ2) is 9.48. The molecule has 0 unspecified atom stereocenters. The lowest BCUT2D eigenvalue weighted by atomic mass is 9.95. The number of fused-ring (bicyclic) bond motifs is 2. The molecule has 0 saturated carbocycles. The van der Waals surface area contributed by atoms with Gasteiger partial charge in [0.15, 0.2) is 5.17 Å². The van der Waals surface area contributed by atoms with Gasteiger partial charge in [-0.25, -0.2) is 0 Å². The van der Waals surface area contributed by atoms with Crippen molar-refractivity contribution >= 4 is 73.1 Å². The van der Waals surface area contributed by atoms with E-state index < -0.39 is 21.7 Å². The highest BCUT2D eigenvalue weighted by molar-refractivity contribution is 8.13. The molecular weight excluding hydrogens is 514 g/mol. The van der Waals surface area contributed by atoms with Crippen molar-refractivity contribution in [3.8, 4) is 0 Å². The number of nitrogens with one attached hydrogen (secondary N) is 3. The highest BCUT2D eigenvalue weighted by atomic mass is 32.2. The minimum absolute atomic E-state index is 0.00594. The normalized spacial score (nSPS) is 13.5. The third-order valence-electron chi connectivity index (χ3n) is 6.22. The van der Waals surface area contributed by atoms with Gasteiger partial charge < -0.3 is 15.3 Å². The molecule has 5 N–H and O–H groups in total. The largest absolute Gasteiger partial charge is 0.379 e. The topological polar surface area (TPSA) is 203 Å². The minimum atomic E-state index is -0.679. The smallest absolute Gasteiger partial charge is 0.270 e. The second-order valence-electron chi connectivity index (χ2n) is 8.48.